The van der Waals surface area contributed by atoms with Crippen LogP contribution in [0.5, 0.6) is 0 Å². The number of thiophene rings is 1. The highest BCUT2D eigenvalue weighted by molar-refractivity contribution is 7.26. The van der Waals surface area contributed by atoms with Crippen molar-refractivity contribution >= 4 is 70.1 Å². The van der Waals surface area contributed by atoms with Gasteiger partial charge in [-0.3, -0.25) is 0 Å². The number of fused-ring (bicyclic) bond motifs is 9. The van der Waals surface area contributed by atoms with Gasteiger partial charge >= 0.3 is 0 Å². The lowest BCUT2D eigenvalue weighted by atomic mass is 9.82. The lowest BCUT2D eigenvalue weighted by molar-refractivity contribution is 0.660. The van der Waals surface area contributed by atoms with Crippen molar-refractivity contribution in [1.82, 2.24) is 0 Å². The molecule has 1 aliphatic rings. The zero-order chi connectivity index (χ0) is 36.7. The van der Waals surface area contributed by atoms with Gasteiger partial charge in [0.2, 0.25) is 0 Å². The highest BCUT2D eigenvalue weighted by atomic mass is 32.1. The number of hydrogen-bond acceptors (Lipinski definition) is 2. The van der Waals surface area contributed by atoms with E-state index in [1.807, 2.05) is 11.3 Å². The molecule has 9 aromatic carbocycles. The van der Waals surface area contributed by atoms with Crippen molar-refractivity contribution in [3.63, 3.8) is 0 Å². The van der Waals surface area contributed by atoms with Crippen LogP contribution in [0.3, 0.4) is 0 Å². The lowest BCUT2D eigenvalue weighted by Gasteiger charge is -2.29. The maximum atomic E-state index is 2.46. The molecule has 1 heterocycles. The van der Waals surface area contributed by atoms with Crippen molar-refractivity contribution in [2.75, 3.05) is 4.90 Å². The smallest absolute Gasteiger partial charge is 0.0543 e. The van der Waals surface area contributed by atoms with E-state index in [1.165, 1.54) is 91.9 Å². The van der Waals surface area contributed by atoms with Crippen LogP contribution in [0.25, 0.3) is 75.1 Å². The van der Waals surface area contributed by atoms with Crippen molar-refractivity contribution in [2.45, 2.75) is 19.3 Å². The largest absolute Gasteiger partial charge is 0.310 e. The summed E-state index contributed by atoms with van der Waals surface area (Å²) in [4.78, 5) is 2.46. The van der Waals surface area contributed by atoms with Crippen LogP contribution in [-0.2, 0) is 5.41 Å². The maximum Gasteiger partial charge on any atom is 0.0543 e. The molecule has 0 fully saturated rings. The predicted octanol–water partition coefficient (Wildman–Crippen LogP) is 15.5. The Morgan fingerprint density at radius 3 is 1.98 bits per heavy atom. The first kappa shape index (κ1) is 32.0. The van der Waals surface area contributed by atoms with E-state index < -0.39 is 0 Å². The van der Waals surface area contributed by atoms with Gasteiger partial charge in [-0.1, -0.05) is 153 Å². The van der Waals surface area contributed by atoms with Crippen LogP contribution in [0.4, 0.5) is 17.1 Å². The van der Waals surface area contributed by atoms with Gasteiger partial charge in [0, 0.05) is 47.9 Å². The molecule has 0 unspecified atom stereocenters. The fraction of sp³-hybridized carbons (Fsp3) is 0.0566. The van der Waals surface area contributed by atoms with Gasteiger partial charge in [0.25, 0.3) is 0 Å². The van der Waals surface area contributed by atoms with Crippen molar-refractivity contribution < 1.29 is 0 Å². The van der Waals surface area contributed by atoms with Gasteiger partial charge in [-0.25, -0.2) is 0 Å². The van der Waals surface area contributed by atoms with E-state index in [-0.39, 0.29) is 5.41 Å². The molecule has 1 aromatic heterocycles. The van der Waals surface area contributed by atoms with Crippen LogP contribution < -0.4 is 4.90 Å². The van der Waals surface area contributed by atoms with E-state index in [0.29, 0.717) is 0 Å². The summed E-state index contributed by atoms with van der Waals surface area (Å²) in [5.74, 6) is 0. The topological polar surface area (TPSA) is 3.24 Å². The van der Waals surface area contributed by atoms with Crippen LogP contribution >= 0.6 is 11.3 Å². The normalized spacial score (nSPS) is 13.1. The summed E-state index contributed by atoms with van der Waals surface area (Å²) >= 11 is 1.89. The molecule has 0 saturated heterocycles. The summed E-state index contributed by atoms with van der Waals surface area (Å²) in [6.07, 6.45) is 0. The molecule has 10 aromatic rings. The first-order chi connectivity index (χ1) is 27.0. The molecule has 0 radical (unpaired) electrons. The van der Waals surface area contributed by atoms with Gasteiger partial charge in [0.15, 0.2) is 0 Å². The molecular weight excluding hydrogens is 683 g/mol. The third-order valence-corrected chi connectivity index (χ3v) is 13.1. The van der Waals surface area contributed by atoms with Crippen molar-refractivity contribution in [2.24, 2.45) is 0 Å². The molecule has 260 valence electrons. The van der Waals surface area contributed by atoms with Gasteiger partial charge in [0.05, 0.1) is 5.69 Å². The molecule has 2 heteroatoms. The number of nitrogens with zero attached hydrogens (tertiary/aromatic N) is 1. The van der Waals surface area contributed by atoms with E-state index in [2.05, 4.69) is 207 Å². The monoisotopic (exact) mass is 719 g/mol. The second kappa shape index (κ2) is 12.3. The fourth-order valence-electron chi connectivity index (χ4n) is 9.03. The zero-order valence-corrected chi connectivity index (χ0v) is 31.6. The average molecular weight is 720 g/mol. The first-order valence-corrected chi connectivity index (χ1v) is 19.9. The fourth-order valence-corrected chi connectivity index (χ4v) is 10.3. The van der Waals surface area contributed by atoms with Gasteiger partial charge < -0.3 is 4.90 Å². The summed E-state index contributed by atoms with van der Waals surface area (Å²) in [5, 5.41) is 7.76. The molecule has 1 aliphatic carbocycles. The third-order valence-electron chi connectivity index (χ3n) is 11.8. The van der Waals surface area contributed by atoms with Crippen LogP contribution in [-0.4, -0.2) is 0 Å². The quantitative estimate of drug-likeness (QED) is 0.171. The van der Waals surface area contributed by atoms with Crippen LogP contribution in [0, 0.1) is 0 Å². The Hall–Kier alpha value is -6.48. The second-order valence-corrected chi connectivity index (χ2v) is 16.4. The van der Waals surface area contributed by atoms with Crippen molar-refractivity contribution in [3.05, 3.63) is 199 Å². The third kappa shape index (κ3) is 5.06. The summed E-state index contributed by atoms with van der Waals surface area (Å²) in [5.41, 5.74) is 13.6. The van der Waals surface area contributed by atoms with Crippen LogP contribution in [0.1, 0.15) is 25.0 Å². The number of hydrogen-bond donors (Lipinski definition) is 0. The van der Waals surface area contributed by atoms with Crippen LogP contribution in [0.15, 0.2) is 188 Å². The molecule has 11 rings (SSSR count). The standard InChI is InChI=1S/C53H37NS/c1-53(2)47-17-7-5-16-45(47)51-48(53)18-10-19-49(51)54(42-14-9-13-38(32-42)39-23-21-34-11-3-4-12-37(34)31-39)41-28-25-35(26-29-41)40-24-22-36-27-30-44-43-15-6-8-20-50(43)55-52(44)46(36)33-40/h3-33H,1-2H3. The maximum absolute atomic E-state index is 2.46. The Bertz CT molecular complexity index is 3130. The lowest BCUT2D eigenvalue weighted by Crippen LogP contribution is -2.16. The van der Waals surface area contributed by atoms with E-state index in [0.717, 1.165) is 11.4 Å². The summed E-state index contributed by atoms with van der Waals surface area (Å²) < 4.78 is 2.69. The van der Waals surface area contributed by atoms with E-state index in [9.17, 15) is 0 Å². The molecule has 0 spiro atoms. The van der Waals surface area contributed by atoms with E-state index >= 15 is 0 Å². The zero-order valence-electron chi connectivity index (χ0n) is 30.8. The molecule has 0 saturated carbocycles. The minimum atomic E-state index is -0.0969. The van der Waals surface area contributed by atoms with Crippen molar-refractivity contribution in [1.29, 1.82) is 0 Å². The molecule has 0 atom stereocenters. The van der Waals surface area contributed by atoms with Gasteiger partial charge in [-0.2, -0.15) is 0 Å². The van der Waals surface area contributed by atoms with E-state index in [4.69, 9.17) is 0 Å². The van der Waals surface area contributed by atoms with E-state index in [1.54, 1.807) is 0 Å². The van der Waals surface area contributed by atoms with Gasteiger partial charge in [-0.05, 0) is 104 Å². The molecule has 55 heavy (non-hydrogen) atoms. The Morgan fingerprint density at radius 1 is 0.418 bits per heavy atom. The minimum absolute atomic E-state index is 0.0969. The molecule has 0 aliphatic heterocycles. The second-order valence-electron chi connectivity index (χ2n) is 15.3. The summed E-state index contributed by atoms with van der Waals surface area (Å²) in [6, 6.07) is 69.7. The van der Waals surface area contributed by atoms with Crippen molar-refractivity contribution in [3.8, 4) is 33.4 Å². The number of rotatable bonds is 5. The Labute approximate surface area is 325 Å². The average Bonchev–Trinajstić information content (AvgIpc) is 3.74. The number of anilines is 3. The van der Waals surface area contributed by atoms with Gasteiger partial charge in [0.1, 0.15) is 0 Å². The molecule has 1 nitrogen and oxygen atoms in total. The molecule has 0 amide bonds. The molecule has 0 bridgehead atoms. The Balaban J connectivity index is 1.07. The van der Waals surface area contributed by atoms with Gasteiger partial charge in [-0.15, -0.1) is 11.3 Å². The molecule has 0 N–H and O–H groups in total. The Morgan fingerprint density at radius 2 is 1.09 bits per heavy atom. The predicted molar refractivity (Wildman–Crippen MR) is 237 cm³/mol. The highest BCUT2D eigenvalue weighted by Gasteiger charge is 2.37. The summed E-state index contributed by atoms with van der Waals surface area (Å²) in [7, 11) is 0. The minimum Gasteiger partial charge on any atom is -0.310 e. The molecular formula is C53H37NS. The summed E-state index contributed by atoms with van der Waals surface area (Å²) in [6.45, 7) is 4.72. The van der Waals surface area contributed by atoms with Crippen LogP contribution in [0.2, 0.25) is 0 Å². The first-order valence-electron chi connectivity index (χ1n) is 19.1. The Kier molecular flexibility index (Phi) is 7.14. The highest BCUT2D eigenvalue weighted by Crippen LogP contribution is 2.54. The SMILES string of the molecule is CC1(C)c2ccccc2-c2c(N(c3ccc(-c4ccc5ccc6c7ccccc7sc6c5c4)cc3)c3cccc(-c4ccc5ccccc5c4)c3)cccc21. The number of benzene rings is 9.